The number of aliphatic hydroxyl groups excluding tert-OH is 22. The zero-order chi connectivity index (χ0) is 59.6. The van der Waals surface area contributed by atoms with E-state index < -0.39 is 267 Å². The van der Waals surface area contributed by atoms with E-state index in [1.54, 1.807) is 0 Å². The van der Waals surface area contributed by atoms with Crippen molar-refractivity contribution in [3.8, 4) is 0 Å². The number of rotatable bonds is 20. The van der Waals surface area contributed by atoms with Gasteiger partial charge in [0.2, 0.25) is 5.91 Å². The Morgan fingerprint density at radius 1 is 0.321 bits per heavy atom. The standard InChI is InChI=1S/C44H75NO36/c1-9(52)45-17-24(59)33(15(7-51)70-38(17)68)77-42-32(67)35(79-44-37(28(63)21(56)13(5-49)75-44)81-41-30(65)26(61)19(54)11(3-47)73-41)23(58)16(76-42)8-69-39-31(66)34(22(57)14(6-50)71-39)78-43-36(27(62)20(55)12(4-48)74-43)80-40-29(64)25(60)18(53)10(2-46)72-40/h10-44,46-51,53-68H,2-8H2,1H3,(H,45,52)/t10-,11+,12-,13+,14-,15+,16-,17+,18-,19+,20-,21+,22-,23-,24+,25+,26-,27+,28-,29+,30-,31+,32+,33+,34+,35+,36+,37-,38+,39+,40-,41+,42+,43-,44+/m1/s1. The maximum absolute atomic E-state index is 12.1. The third-order valence-electron chi connectivity index (χ3n) is 14.9. The van der Waals surface area contributed by atoms with Gasteiger partial charge in [0.1, 0.15) is 171 Å². The van der Waals surface area contributed by atoms with Gasteiger partial charge in [0, 0.05) is 6.92 Å². The topological polar surface area (TPSA) is 594 Å². The molecule has 0 saturated carbocycles. The molecule has 81 heavy (non-hydrogen) atoms. The van der Waals surface area contributed by atoms with Crippen LogP contribution < -0.4 is 5.32 Å². The molecule has 0 aromatic heterocycles. The van der Waals surface area contributed by atoms with Crippen LogP contribution in [0.1, 0.15) is 6.92 Å². The fourth-order valence-corrected chi connectivity index (χ4v) is 10.3. The summed E-state index contributed by atoms with van der Waals surface area (Å²) >= 11 is 0. The van der Waals surface area contributed by atoms with Crippen LogP contribution >= 0.6 is 0 Å². The van der Waals surface area contributed by atoms with Crippen LogP contribution in [-0.2, 0) is 66.4 Å². The lowest BCUT2D eigenvalue weighted by atomic mass is 9.95. The minimum absolute atomic E-state index is 0.791. The van der Waals surface area contributed by atoms with Crippen LogP contribution in [0.5, 0.6) is 0 Å². The molecule has 7 heterocycles. The maximum atomic E-state index is 12.1. The largest absolute Gasteiger partial charge is 0.394 e. The third-order valence-corrected chi connectivity index (χ3v) is 14.9. The van der Waals surface area contributed by atoms with Crippen LogP contribution in [0.2, 0.25) is 0 Å². The summed E-state index contributed by atoms with van der Waals surface area (Å²) < 4.78 is 74.0. The van der Waals surface area contributed by atoms with Gasteiger partial charge >= 0.3 is 0 Å². The number of ether oxygens (including phenoxy) is 13. The molecule has 0 aromatic carbocycles. The minimum Gasteiger partial charge on any atom is -0.394 e. The van der Waals surface area contributed by atoms with Gasteiger partial charge in [0.25, 0.3) is 0 Å². The highest BCUT2D eigenvalue weighted by Gasteiger charge is 2.58. The Kier molecular flexibility index (Phi) is 23.6. The summed E-state index contributed by atoms with van der Waals surface area (Å²) in [6.45, 7) is -6.04. The molecule has 37 heteroatoms. The molecule has 7 aliphatic rings. The van der Waals surface area contributed by atoms with Gasteiger partial charge in [-0.1, -0.05) is 0 Å². The zero-order valence-corrected chi connectivity index (χ0v) is 42.7. The molecule has 7 aliphatic heterocycles. The summed E-state index contributed by atoms with van der Waals surface area (Å²) in [5.41, 5.74) is 0. The lowest BCUT2D eigenvalue weighted by molar-refractivity contribution is -0.399. The smallest absolute Gasteiger partial charge is 0.217 e. The van der Waals surface area contributed by atoms with Crippen LogP contribution in [0, 0.1) is 0 Å². The molecule has 472 valence electrons. The van der Waals surface area contributed by atoms with Gasteiger partial charge < -0.3 is 179 Å². The summed E-state index contributed by atoms with van der Waals surface area (Å²) in [5, 5.41) is 239. The van der Waals surface area contributed by atoms with Crippen molar-refractivity contribution in [2.24, 2.45) is 0 Å². The second kappa shape index (κ2) is 28.7. The Bertz CT molecular complexity index is 1940. The predicted octanol–water partition coefficient (Wildman–Crippen LogP) is -16.1. The number of hydrogen-bond donors (Lipinski definition) is 23. The minimum atomic E-state index is -2.35. The molecule has 7 rings (SSSR count). The average Bonchev–Trinajstić information content (AvgIpc) is 3.63. The molecule has 7 fully saturated rings. The van der Waals surface area contributed by atoms with Gasteiger partial charge in [-0.15, -0.1) is 0 Å². The molecule has 0 radical (unpaired) electrons. The fourth-order valence-electron chi connectivity index (χ4n) is 10.3. The number of carbonyl (C=O) groups is 1. The number of hydrogen-bond acceptors (Lipinski definition) is 36. The lowest BCUT2D eigenvalue weighted by Crippen LogP contribution is -2.69. The van der Waals surface area contributed by atoms with Crippen molar-refractivity contribution < 1.29 is 179 Å². The van der Waals surface area contributed by atoms with E-state index in [4.69, 9.17) is 61.6 Å². The van der Waals surface area contributed by atoms with E-state index in [0.29, 0.717) is 0 Å². The molecule has 23 N–H and O–H groups in total. The Morgan fingerprint density at radius 2 is 0.642 bits per heavy atom. The fraction of sp³-hybridized carbons (Fsp3) is 0.977. The van der Waals surface area contributed by atoms with Gasteiger partial charge in [-0.3, -0.25) is 4.79 Å². The Balaban J connectivity index is 1.17. The molecule has 0 aromatic rings. The van der Waals surface area contributed by atoms with Crippen molar-refractivity contribution in [1.29, 1.82) is 0 Å². The summed E-state index contributed by atoms with van der Waals surface area (Å²) in [6.07, 6.45) is -68.4. The van der Waals surface area contributed by atoms with Gasteiger partial charge in [-0.25, -0.2) is 0 Å². The Labute approximate surface area is 457 Å². The average molecular weight is 1190 g/mol. The van der Waals surface area contributed by atoms with Crippen molar-refractivity contribution in [3.63, 3.8) is 0 Å². The number of nitrogens with one attached hydrogen (secondary N) is 1. The van der Waals surface area contributed by atoms with Crippen LogP contribution in [0.15, 0.2) is 0 Å². The molecule has 0 spiro atoms. The number of carbonyl (C=O) groups excluding carboxylic acids is 1. The van der Waals surface area contributed by atoms with E-state index in [-0.39, 0.29) is 0 Å². The van der Waals surface area contributed by atoms with E-state index in [1.807, 2.05) is 0 Å². The lowest BCUT2D eigenvalue weighted by Gasteiger charge is -2.50. The highest BCUT2D eigenvalue weighted by molar-refractivity contribution is 5.73. The van der Waals surface area contributed by atoms with Crippen LogP contribution in [0.3, 0.4) is 0 Å². The molecule has 35 atom stereocenters. The summed E-state index contributed by atoms with van der Waals surface area (Å²) in [6, 6.07) is -1.67. The van der Waals surface area contributed by atoms with E-state index in [9.17, 15) is 117 Å². The molecule has 37 nitrogen and oxygen atoms in total. The van der Waals surface area contributed by atoms with Gasteiger partial charge in [0.15, 0.2) is 44.0 Å². The predicted molar refractivity (Wildman–Crippen MR) is 243 cm³/mol. The van der Waals surface area contributed by atoms with E-state index in [0.717, 1.165) is 6.92 Å². The first-order chi connectivity index (χ1) is 38.3. The van der Waals surface area contributed by atoms with Crippen molar-refractivity contribution in [3.05, 3.63) is 0 Å². The highest BCUT2D eigenvalue weighted by Crippen LogP contribution is 2.37. The van der Waals surface area contributed by atoms with E-state index in [2.05, 4.69) is 5.32 Å². The molecule has 0 aliphatic carbocycles. The molecule has 0 bridgehead atoms. The molecule has 7 saturated heterocycles. The summed E-state index contributed by atoms with van der Waals surface area (Å²) in [5.74, 6) is -0.791. The quantitative estimate of drug-likeness (QED) is 0.0538. The summed E-state index contributed by atoms with van der Waals surface area (Å²) in [4.78, 5) is 12.1. The van der Waals surface area contributed by atoms with Crippen LogP contribution in [-0.4, -0.2) is 379 Å². The second-order valence-electron chi connectivity index (χ2n) is 20.3. The first kappa shape index (κ1) is 66.6. The number of amides is 1. The SMILES string of the molecule is CC(=O)N[C@H]1[C@H](O)[C@@H](O[C@@H]2O[C@H](CO[C@H]3O[C@H](CO)[C@@H](O)[C@H](O[C@H]4O[C@H](CO)[C@@H](O)[C@H](O)[C@@H]4O[C@H]4O[C@H](CO)[C@@H](O)[C@H](O)[C@@H]4O)[C@@H]3O)[C@@H](O)[C@H](O[C@@H]3O[C@@H](CO)[C@H](O)[C@@H](O)[C@H]3O[C@@H]3O[C@@H](CO)[C@H](O)[C@@H](O)[C@H]3O)[C@@H]2O)[C@H](CO)O[C@@H]1O. The van der Waals surface area contributed by atoms with E-state index in [1.165, 1.54) is 0 Å². The zero-order valence-electron chi connectivity index (χ0n) is 42.7. The molecular formula is C44H75NO36. The maximum Gasteiger partial charge on any atom is 0.217 e. The van der Waals surface area contributed by atoms with E-state index >= 15 is 0 Å². The van der Waals surface area contributed by atoms with Crippen molar-refractivity contribution >= 4 is 5.91 Å². The van der Waals surface area contributed by atoms with Crippen LogP contribution in [0.4, 0.5) is 0 Å². The van der Waals surface area contributed by atoms with Crippen molar-refractivity contribution in [2.75, 3.05) is 46.2 Å². The van der Waals surface area contributed by atoms with Gasteiger partial charge in [0.05, 0.1) is 46.2 Å². The Morgan fingerprint density at radius 3 is 1.06 bits per heavy atom. The third kappa shape index (κ3) is 14.1. The Hall–Kier alpha value is -1.93. The van der Waals surface area contributed by atoms with Gasteiger partial charge in [-0.05, 0) is 0 Å². The molecular weight excluding hydrogens is 1120 g/mol. The van der Waals surface area contributed by atoms with Gasteiger partial charge in [-0.2, -0.15) is 0 Å². The van der Waals surface area contributed by atoms with Crippen molar-refractivity contribution in [1.82, 2.24) is 5.32 Å². The molecule has 1 amide bonds. The van der Waals surface area contributed by atoms with Crippen LogP contribution in [0.25, 0.3) is 0 Å². The highest BCUT2D eigenvalue weighted by atomic mass is 16.8. The first-order valence-electron chi connectivity index (χ1n) is 25.6. The monoisotopic (exact) mass is 1190 g/mol. The second-order valence-corrected chi connectivity index (χ2v) is 20.3. The van der Waals surface area contributed by atoms with Crippen molar-refractivity contribution in [2.45, 2.75) is 222 Å². The summed E-state index contributed by atoms with van der Waals surface area (Å²) in [7, 11) is 0. The normalized spacial score (nSPS) is 51.9. The molecule has 0 unspecified atom stereocenters. The first-order valence-corrected chi connectivity index (χ1v) is 25.6. The number of aliphatic hydroxyl groups is 22.